The first-order chi connectivity index (χ1) is 13.4. The van der Waals surface area contributed by atoms with Gasteiger partial charge in [0.15, 0.2) is 10.9 Å². The molecule has 1 aromatic heterocycles. The van der Waals surface area contributed by atoms with Crippen LogP contribution < -0.4 is 10.2 Å². The number of amides is 2. The van der Waals surface area contributed by atoms with Gasteiger partial charge in [0.1, 0.15) is 0 Å². The summed E-state index contributed by atoms with van der Waals surface area (Å²) in [6, 6.07) is 10.1. The molecule has 0 bridgehead atoms. The number of aryl methyl sites for hydroxylation is 1. The highest BCUT2D eigenvalue weighted by atomic mass is 32.1. The number of nitrogens with zero attached hydrogens (tertiary/aromatic N) is 3. The maximum atomic E-state index is 12.4. The molecule has 2 aromatic rings. The number of anilines is 2. The van der Waals surface area contributed by atoms with E-state index >= 15 is 0 Å². The SMILES string of the molecule is CC(=O)c1sc(NC(=O)CCC(=O)N2CCN(c3ccccc3)CC2)nc1C. The summed E-state index contributed by atoms with van der Waals surface area (Å²) >= 11 is 1.16. The van der Waals surface area contributed by atoms with Crippen molar-refractivity contribution in [2.24, 2.45) is 0 Å². The van der Waals surface area contributed by atoms with Gasteiger partial charge in [-0.25, -0.2) is 4.98 Å². The minimum atomic E-state index is -0.264. The predicted molar refractivity (Wildman–Crippen MR) is 110 cm³/mol. The first kappa shape index (κ1) is 20.0. The number of para-hydroxylation sites is 1. The van der Waals surface area contributed by atoms with Gasteiger partial charge in [0.25, 0.3) is 0 Å². The number of benzene rings is 1. The largest absolute Gasteiger partial charge is 0.368 e. The van der Waals surface area contributed by atoms with E-state index in [1.165, 1.54) is 6.92 Å². The van der Waals surface area contributed by atoms with Gasteiger partial charge >= 0.3 is 0 Å². The summed E-state index contributed by atoms with van der Waals surface area (Å²) in [5, 5.41) is 3.08. The van der Waals surface area contributed by atoms with E-state index < -0.39 is 0 Å². The average molecular weight is 401 g/mol. The van der Waals surface area contributed by atoms with E-state index in [1.807, 2.05) is 23.1 Å². The highest BCUT2D eigenvalue weighted by molar-refractivity contribution is 7.17. The van der Waals surface area contributed by atoms with Crippen LogP contribution in [0.15, 0.2) is 30.3 Å². The summed E-state index contributed by atoms with van der Waals surface area (Å²) in [6.07, 6.45) is 0.271. The van der Waals surface area contributed by atoms with Gasteiger partial charge in [-0.05, 0) is 19.1 Å². The van der Waals surface area contributed by atoms with Crippen LogP contribution in [-0.2, 0) is 9.59 Å². The van der Waals surface area contributed by atoms with E-state index in [1.54, 1.807) is 6.92 Å². The van der Waals surface area contributed by atoms with Gasteiger partial charge < -0.3 is 15.1 Å². The number of Topliss-reactive ketones (excluding diaryl/α,β-unsaturated/α-hetero) is 1. The Hall–Kier alpha value is -2.74. The molecule has 0 aliphatic carbocycles. The zero-order chi connectivity index (χ0) is 20.1. The number of aromatic nitrogens is 1. The summed E-state index contributed by atoms with van der Waals surface area (Å²) in [5.74, 6) is -0.344. The Bertz CT molecular complexity index is 858. The number of thiazole rings is 1. The monoisotopic (exact) mass is 400 g/mol. The van der Waals surface area contributed by atoms with Gasteiger partial charge in [0.2, 0.25) is 11.8 Å². The molecule has 1 aromatic carbocycles. The number of ketones is 1. The Morgan fingerprint density at radius 1 is 1.07 bits per heavy atom. The molecule has 1 aliphatic heterocycles. The minimum Gasteiger partial charge on any atom is -0.368 e. The molecule has 0 saturated carbocycles. The van der Waals surface area contributed by atoms with Crippen molar-refractivity contribution >= 4 is 39.8 Å². The van der Waals surface area contributed by atoms with Crippen LogP contribution >= 0.6 is 11.3 Å². The van der Waals surface area contributed by atoms with Crippen LogP contribution in [0.25, 0.3) is 0 Å². The van der Waals surface area contributed by atoms with E-state index in [0.717, 1.165) is 30.1 Å². The van der Waals surface area contributed by atoms with Gasteiger partial charge in [-0.15, -0.1) is 0 Å². The lowest BCUT2D eigenvalue weighted by Crippen LogP contribution is -2.48. The van der Waals surface area contributed by atoms with E-state index in [2.05, 4.69) is 27.3 Å². The van der Waals surface area contributed by atoms with Crippen LogP contribution in [-0.4, -0.2) is 53.7 Å². The summed E-state index contributed by atoms with van der Waals surface area (Å²) in [6.45, 7) is 6.10. The molecule has 1 N–H and O–H groups in total. The quantitative estimate of drug-likeness (QED) is 0.754. The van der Waals surface area contributed by atoms with Crippen molar-refractivity contribution in [3.63, 3.8) is 0 Å². The molecule has 2 amide bonds. The number of carbonyl (C=O) groups excluding carboxylic acids is 3. The molecule has 3 rings (SSSR count). The average Bonchev–Trinajstić information content (AvgIpc) is 3.07. The normalized spacial score (nSPS) is 14.1. The van der Waals surface area contributed by atoms with Crippen LogP contribution in [0, 0.1) is 6.92 Å². The predicted octanol–water partition coefficient (Wildman–Crippen LogP) is 2.72. The maximum absolute atomic E-state index is 12.4. The third-order valence-corrected chi connectivity index (χ3v) is 5.86. The van der Waals surface area contributed by atoms with Crippen molar-refractivity contribution in [3.8, 4) is 0 Å². The third-order valence-electron chi connectivity index (χ3n) is 4.68. The Balaban J connectivity index is 1.43. The lowest BCUT2D eigenvalue weighted by atomic mass is 10.2. The van der Waals surface area contributed by atoms with Gasteiger partial charge in [0.05, 0.1) is 10.6 Å². The summed E-state index contributed by atoms with van der Waals surface area (Å²) in [4.78, 5) is 44.8. The second-order valence-corrected chi connectivity index (χ2v) is 7.74. The van der Waals surface area contributed by atoms with Gasteiger partial charge in [-0.2, -0.15) is 0 Å². The highest BCUT2D eigenvalue weighted by Gasteiger charge is 2.22. The topological polar surface area (TPSA) is 82.6 Å². The molecule has 0 radical (unpaired) electrons. The van der Waals surface area contributed by atoms with E-state index in [9.17, 15) is 14.4 Å². The number of carbonyl (C=O) groups is 3. The van der Waals surface area contributed by atoms with Gasteiger partial charge in [-0.3, -0.25) is 14.4 Å². The van der Waals surface area contributed by atoms with Crippen molar-refractivity contribution < 1.29 is 14.4 Å². The van der Waals surface area contributed by atoms with E-state index in [0.29, 0.717) is 28.8 Å². The standard InChI is InChI=1S/C20H24N4O3S/c1-14-19(15(2)25)28-20(21-14)22-17(26)8-9-18(27)24-12-10-23(11-13-24)16-6-4-3-5-7-16/h3-7H,8-13H2,1-2H3,(H,21,22,26). The van der Waals surface area contributed by atoms with Crippen LogP contribution in [0.1, 0.15) is 35.1 Å². The second-order valence-electron chi connectivity index (χ2n) is 6.74. The number of hydrogen-bond acceptors (Lipinski definition) is 6. The summed E-state index contributed by atoms with van der Waals surface area (Å²) in [7, 11) is 0. The Morgan fingerprint density at radius 2 is 1.75 bits per heavy atom. The Labute approximate surface area is 168 Å². The zero-order valence-electron chi connectivity index (χ0n) is 16.1. The number of nitrogens with one attached hydrogen (secondary N) is 1. The van der Waals surface area contributed by atoms with Crippen LogP contribution in [0.2, 0.25) is 0 Å². The first-order valence-electron chi connectivity index (χ1n) is 9.30. The lowest BCUT2D eigenvalue weighted by Gasteiger charge is -2.36. The molecule has 8 heteroatoms. The van der Waals surface area contributed by atoms with Crippen molar-refractivity contribution in [1.29, 1.82) is 0 Å². The fourth-order valence-corrected chi connectivity index (χ4v) is 4.07. The second kappa shape index (κ2) is 8.97. The van der Waals surface area contributed by atoms with Crippen LogP contribution in [0.3, 0.4) is 0 Å². The summed E-state index contributed by atoms with van der Waals surface area (Å²) < 4.78 is 0. The molecule has 0 unspecified atom stereocenters. The smallest absolute Gasteiger partial charge is 0.226 e. The van der Waals surface area contributed by atoms with Crippen molar-refractivity contribution in [2.45, 2.75) is 26.7 Å². The molecule has 7 nitrogen and oxygen atoms in total. The minimum absolute atomic E-state index is 0.0115. The Morgan fingerprint density at radius 3 is 2.36 bits per heavy atom. The van der Waals surface area contributed by atoms with Gasteiger partial charge in [0, 0.05) is 51.6 Å². The number of rotatable bonds is 6. The van der Waals surface area contributed by atoms with E-state index in [-0.39, 0.29) is 30.4 Å². The van der Waals surface area contributed by atoms with Crippen LogP contribution in [0.4, 0.5) is 10.8 Å². The first-order valence-corrected chi connectivity index (χ1v) is 10.1. The van der Waals surface area contributed by atoms with Crippen molar-refractivity contribution in [2.75, 3.05) is 36.4 Å². The molecule has 0 atom stereocenters. The fourth-order valence-electron chi connectivity index (χ4n) is 3.19. The molecule has 1 saturated heterocycles. The Kier molecular flexibility index (Phi) is 6.41. The molecule has 0 spiro atoms. The van der Waals surface area contributed by atoms with Crippen LogP contribution in [0.5, 0.6) is 0 Å². The molecule has 2 heterocycles. The molecule has 1 fully saturated rings. The van der Waals surface area contributed by atoms with Crippen molar-refractivity contribution in [1.82, 2.24) is 9.88 Å². The lowest BCUT2D eigenvalue weighted by molar-refractivity contribution is -0.133. The van der Waals surface area contributed by atoms with E-state index in [4.69, 9.17) is 0 Å². The number of piperazine rings is 1. The highest BCUT2D eigenvalue weighted by Crippen LogP contribution is 2.23. The number of hydrogen-bond donors (Lipinski definition) is 1. The summed E-state index contributed by atoms with van der Waals surface area (Å²) in [5.41, 5.74) is 1.78. The zero-order valence-corrected chi connectivity index (χ0v) is 16.9. The molecule has 1 aliphatic rings. The maximum Gasteiger partial charge on any atom is 0.226 e. The third kappa shape index (κ3) is 4.95. The molecule has 148 valence electrons. The van der Waals surface area contributed by atoms with Crippen molar-refractivity contribution in [3.05, 3.63) is 40.9 Å². The molecule has 28 heavy (non-hydrogen) atoms. The van der Waals surface area contributed by atoms with Gasteiger partial charge in [-0.1, -0.05) is 29.5 Å². The molecular weight excluding hydrogens is 376 g/mol. The fraction of sp³-hybridized carbons (Fsp3) is 0.400. The molecular formula is C20H24N4O3S.